The average Bonchev–Trinajstić information content (AvgIpc) is 2.55. The number of aliphatic hydroxyl groups excluding tert-OH is 1. The highest BCUT2D eigenvalue weighted by molar-refractivity contribution is 7.94. The second-order valence-electron chi connectivity index (χ2n) is 3.44. The molecule has 1 aromatic heterocycles. The fourth-order valence-corrected chi connectivity index (χ4v) is 4.24. The Kier molecular flexibility index (Phi) is 3.69. The standard InChI is InChI=1S/C9H14O3S2/c1-7(2)8(6-10)14(11,12)9-4-3-5-13-9/h3-5,7-8,10H,6H2,1-2H3. The van der Waals surface area contributed by atoms with E-state index in [0.29, 0.717) is 4.21 Å². The van der Waals surface area contributed by atoms with E-state index in [0.717, 1.165) is 0 Å². The zero-order valence-corrected chi connectivity index (χ0v) is 9.81. The number of sulfone groups is 1. The van der Waals surface area contributed by atoms with E-state index >= 15 is 0 Å². The third-order valence-corrected chi connectivity index (χ3v) is 5.93. The van der Waals surface area contributed by atoms with E-state index in [2.05, 4.69) is 0 Å². The van der Waals surface area contributed by atoms with Gasteiger partial charge in [-0.15, -0.1) is 11.3 Å². The topological polar surface area (TPSA) is 54.4 Å². The van der Waals surface area contributed by atoms with Crippen molar-refractivity contribution >= 4 is 21.2 Å². The van der Waals surface area contributed by atoms with Gasteiger partial charge in [-0.05, 0) is 17.4 Å². The lowest BCUT2D eigenvalue weighted by atomic mass is 10.1. The minimum absolute atomic E-state index is 0.0768. The molecule has 14 heavy (non-hydrogen) atoms. The van der Waals surface area contributed by atoms with Gasteiger partial charge in [0.05, 0.1) is 11.9 Å². The van der Waals surface area contributed by atoms with Gasteiger partial charge < -0.3 is 5.11 Å². The molecule has 0 aliphatic heterocycles. The van der Waals surface area contributed by atoms with Crippen LogP contribution < -0.4 is 0 Å². The second-order valence-corrected chi connectivity index (χ2v) is 6.78. The molecule has 0 spiro atoms. The molecule has 1 aromatic rings. The molecule has 0 aliphatic rings. The zero-order valence-electron chi connectivity index (χ0n) is 8.17. The van der Waals surface area contributed by atoms with Crippen LogP contribution in [0.15, 0.2) is 21.7 Å². The van der Waals surface area contributed by atoms with Crippen LogP contribution in [0, 0.1) is 5.92 Å². The highest BCUT2D eigenvalue weighted by atomic mass is 32.2. The molecule has 0 fully saturated rings. The van der Waals surface area contributed by atoms with Gasteiger partial charge in [0.25, 0.3) is 0 Å². The smallest absolute Gasteiger partial charge is 0.193 e. The molecule has 0 amide bonds. The van der Waals surface area contributed by atoms with Gasteiger partial charge in [0, 0.05) is 0 Å². The summed E-state index contributed by atoms with van der Waals surface area (Å²) in [4.78, 5) is 0. The van der Waals surface area contributed by atoms with Gasteiger partial charge in [-0.25, -0.2) is 8.42 Å². The molecule has 1 N–H and O–H groups in total. The minimum atomic E-state index is -3.34. The van der Waals surface area contributed by atoms with E-state index in [4.69, 9.17) is 5.11 Å². The first-order valence-electron chi connectivity index (χ1n) is 4.38. The molecular weight excluding hydrogens is 220 g/mol. The Morgan fingerprint density at radius 2 is 2.14 bits per heavy atom. The maximum absolute atomic E-state index is 11.9. The van der Waals surface area contributed by atoms with Gasteiger partial charge in [-0.1, -0.05) is 19.9 Å². The fraction of sp³-hybridized carbons (Fsp3) is 0.556. The minimum Gasteiger partial charge on any atom is -0.395 e. The van der Waals surface area contributed by atoms with Gasteiger partial charge in [-0.2, -0.15) is 0 Å². The molecular formula is C9H14O3S2. The summed E-state index contributed by atoms with van der Waals surface area (Å²) in [5, 5.41) is 10.1. The molecule has 0 saturated heterocycles. The number of hydrogen-bond acceptors (Lipinski definition) is 4. The molecule has 0 bridgehead atoms. The highest BCUT2D eigenvalue weighted by Crippen LogP contribution is 2.24. The molecule has 3 nitrogen and oxygen atoms in total. The van der Waals surface area contributed by atoms with Crippen LogP contribution in [0.25, 0.3) is 0 Å². The highest BCUT2D eigenvalue weighted by Gasteiger charge is 2.30. The molecule has 0 radical (unpaired) electrons. The van der Waals surface area contributed by atoms with Crippen molar-refractivity contribution in [3.8, 4) is 0 Å². The van der Waals surface area contributed by atoms with Crippen molar-refractivity contribution in [3.63, 3.8) is 0 Å². The number of aliphatic hydroxyl groups is 1. The van der Waals surface area contributed by atoms with Crippen LogP contribution in [0.1, 0.15) is 13.8 Å². The number of rotatable bonds is 4. The van der Waals surface area contributed by atoms with Crippen molar-refractivity contribution in [2.24, 2.45) is 5.92 Å². The molecule has 80 valence electrons. The molecule has 0 aliphatic carbocycles. The largest absolute Gasteiger partial charge is 0.395 e. The van der Waals surface area contributed by atoms with Gasteiger partial charge in [0.15, 0.2) is 9.84 Å². The monoisotopic (exact) mass is 234 g/mol. The van der Waals surface area contributed by atoms with Crippen molar-refractivity contribution < 1.29 is 13.5 Å². The zero-order chi connectivity index (χ0) is 10.8. The van der Waals surface area contributed by atoms with Crippen LogP contribution in [0.4, 0.5) is 0 Å². The van der Waals surface area contributed by atoms with Gasteiger partial charge >= 0.3 is 0 Å². The average molecular weight is 234 g/mol. The second kappa shape index (κ2) is 4.42. The van der Waals surface area contributed by atoms with Crippen LogP contribution >= 0.6 is 11.3 Å². The van der Waals surface area contributed by atoms with Crippen molar-refractivity contribution in [1.29, 1.82) is 0 Å². The van der Waals surface area contributed by atoms with Crippen LogP contribution in [0.3, 0.4) is 0 Å². The van der Waals surface area contributed by atoms with Gasteiger partial charge in [-0.3, -0.25) is 0 Å². The molecule has 0 aromatic carbocycles. The lowest BCUT2D eigenvalue weighted by molar-refractivity contribution is 0.269. The summed E-state index contributed by atoms with van der Waals surface area (Å²) in [7, 11) is -3.34. The van der Waals surface area contributed by atoms with E-state index in [1.807, 2.05) is 0 Å². The molecule has 5 heteroatoms. The third-order valence-electron chi connectivity index (χ3n) is 2.10. The first-order chi connectivity index (χ1) is 6.50. The first-order valence-corrected chi connectivity index (χ1v) is 6.81. The SMILES string of the molecule is CC(C)C(CO)S(=O)(=O)c1cccs1. The first kappa shape index (κ1) is 11.7. The van der Waals surface area contributed by atoms with Crippen molar-refractivity contribution in [3.05, 3.63) is 17.5 Å². The molecule has 1 rings (SSSR count). The lowest BCUT2D eigenvalue weighted by Crippen LogP contribution is -2.30. The summed E-state index contributed by atoms with van der Waals surface area (Å²) in [6, 6.07) is 3.28. The van der Waals surface area contributed by atoms with Crippen LogP contribution in [0.2, 0.25) is 0 Å². The Bertz CT molecular complexity index is 365. The Labute approximate surface area is 88.3 Å². The van der Waals surface area contributed by atoms with Crippen molar-refractivity contribution in [2.45, 2.75) is 23.3 Å². The maximum Gasteiger partial charge on any atom is 0.193 e. The van der Waals surface area contributed by atoms with E-state index in [1.165, 1.54) is 11.3 Å². The number of thiophene rings is 1. The van der Waals surface area contributed by atoms with Gasteiger partial charge in [0.2, 0.25) is 0 Å². The lowest BCUT2D eigenvalue weighted by Gasteiger charge is -2.17. The fourth-order valence-electron chi connectivity index (χ4n) is 1.24. The summed E-state index contributed by atoms with van der Waals surface area (Å²) in [6.07, 6.45) is 0. The Hall–Kier alpha value is -0.390. The third kappa shape index (κ3) is 2.16. The van der Waals surface area contributed by atoms with Crippen molar-refractivity contribution in [1.82, 2.24) is 0 Å². The summed E-state index contributed by atoms with van der Waals surface area (Å²) in [5.74, 6) is -0.0768. The summed E-state index contributed by atoms with van der Waals surface area (Å²) < 4.78 is 24.2. The summed E-state index contributed by atoms with van der Waals surface area (Å²) in [6.45, 7) is 3.27. The molecule has 1 unspecified atom stereocenters. The maximum atomic E-state index is 11.9. The van der Waals surface area contributed by atoms with E-state index in [1.54, 1.807) is 31.4 Å². The van der Waals surface area contributed by atoms with Crippen LogP contribution in [0.5, 0.6) is 0 Å². The summed E-state index contributed by atoms with van der Waals surface area (Å²) in [5.41, 5.74) is 0. The normalized spacial score (nSPS) is 14.6. The van der Waals surface area contributed by atoms with Crippen LogP contribution in [-0.2, 0) is 9.84 Å². The Balaban J connectivity index is 3.07. The van der Waals surface area contributed by atoms with E-state index in [-0.39, 0.29) is 12.5 Å². The molecule has 1 atom stereocenters. The molecule has 0 saturated carbocycles. The van der Waals surface area contributed by atoms with E-state index in [9.17, 15) is 8.42 Å². The quantitative estimate of drug-likeness (QED) is 0.859. The van der Waals surface area contributed by atoms with E-state index < -0.39 is 15.1 Å². The Morgan fingerprint density at radius 3 is 2.50 bits per heavy atom. The van der Waals surface area contributed by atoms with Crippen molar-refractivity contribution in [2.75, 3.05) is 6.61 Å². The summed E-state index contributed by atoms with van der Waals surface area (Å²) >= 11 is 1.19. The molecule has 1 heterocycles. The number of hydrogen-bond donors (Lipinski definition) is 1. The Morgan fingerprint density at radius 1 is 1.50 bits per heavy atom. The van der Waals surface area contributed by atoms with Gasteiger partial charge in [0.1, 0.15) is 4.21 Å². The van der Waals surface area contributed by atoms with Crippen LogP contribution in [-0.4, -0.2) is 25.4 Å². The predicted molar refractivity (Wildman–Crippen MR) is 57.2 cm³/mol. The predicted octanol–water partition coefficient (Wildman–Crippen LogP) is 1.54.